The fourth-order valence-corrected chi connectivity index (χ4v) is 3.85. The quantitative estimate of drug-likeness (QED) is 0.601. The smallest absolute Gasteiger partial charge is 0.257 e. The summed E-state index contributed by atoms with van der Waals surface area (Å²) in [4.78, 5) is 29.8. The van der Waals surface area contributed by atoms with Crippen molar-refractivity contribution >= 4 is 17.5 Å². The Balaban J connectivity index is 1.47. The molecule has 0 aromatic heterocycles. The third kappa shape index (κ3) is 4.92. The molecule has 0 bridgehead atoms. The summed E-state index contributed by atoms with van der Waals surface area (Å²) in [5.74, 6) is 1.22. The molecule has 0 radical (unpaired) electrons. The van der Waals surface area contributed by atoms with Crippen LogP contribution in [-0.2, 0) is 13.1 Å². The van der Waals surface area contributed by atoms with E-state index in [1.165, 1.54) is 0 Å². The standard InChI is InChI=1S/C26H27N3O4/c1-28-17-29(16-19-6-11-22(33-3)12-7-19)26(31)23-14-20(8-13-24(23)28)25(30)27-15-18-4-9-21(32-2)10-5-18/h4-14H,15-17H2,1-3H3,(H,27,30). The lowest BCUT2D eigenvalue weighted by Gasteiger charge is -2.36. The number of hydrogen-bond donors (Lipinski definition) is 1. The van der Waals surface area contributed by atoms with E-state index in [0.29, 0.717) is 30.9 Å². The number of benzene rings is 3. The zero-order valence-corrected chi connectivity index (χ0v) is 19.0. The molecule has 1 aliphatic heterocycles. The van der Waals surface area contributed by atoms with E-state index in [1.807, 2.05) is 66.5 Å². The number of fused-ring (bicyclic) bond motifs is 1. The SMILES string of the molecule is COc1ccc(CNC(=O)c2ccc3c(c2)C(=O)N(Cc2ccc(OC)cc2)CN3C)cc1. The van der Waals surface area contributed by atoms with E-state index in [9.17, 15) is 9.59 Å². The Labute approximate surface area is 193 Å². The molecule has 3 aromatic carbocycles. The van der Waals surface area contributed by atoms with Crippen molar-refractivity contribution in [2.75, 3.05) is 32.8 Å². The van der Waals surface area contributed by atoms with Crippen LogP contribution in [0.4, 0.5) is 5.69 Å². The highest BCUT2D eigenvalue weighted by Crippen LogP contribution is 2.28. The van der Waals surface area contributed by atoms with Gasteiger partial charge in [-0.25, -0.2) is 0 Å². The molecular weight excluding hydrogens is 418 g/mol. The minimum Gasteiger partial charge on any atom is -0.497 e. The van der Waals surface area contributed by atoms with Gasteiger partial charge in [-0.3, -0.25) is 9.59 Å². The van der Waals surface area contributed by atoms with Crippen molar-refractivity contribution in [1.29, 1.82) is 0 Å². The number of hydrogen-bond acceptors (Lipinski definition) is 5. The molecule has 1 N–H and O–H groups in total. The number of rotatable bonds is 7. The van der Waals surface area contributed by atoms with E-state index >= 15 is 0 Å². The first kappa shape index (κ1) is 22.2. The van der Waals surface area contributed by atoms with Gasteiger partial charge in [0.25, 0.3) is 11.8 Å². The first-order valence-electron chi connectivity index (χ1n) is 10.7. The minimum absolute atomic E-state index is 0.0938. The maximum atomic E-state index is 13.2. The Morgan fingerprint density at radius 1 is 0.909 bits per heavy atom. The molecule has 7 heteroatoms. The summed E-state index contributed by atoms with van der Waals surface area (Å²) in [6.45, 7) is 1.33. The van der Waals surface area contributed by atoms with Crippen LogP contribution >= 0.6 is 0 Å². The summed E-state index contributed by atoms with van der Waals surface area (Å²) < 4.78 is 10.4. The van der Waals surface area contributed by atoms with Gasteiger partial charge in [-0.15, -0.1) is 0 Å². The monoisotopic (exact) mass is 445 g/mol. The summed E-state index contributed by atoms with van der Waals surface area (Å²) in [5.41, 5.74) is 3.76. The van der Waals surface area contributed by atoms with Gasteiger partial charge < -0.3 is 24.6 Å². The van der Waals surface area contributed by atoms with Crippen LogP contribution in [-0.4, -0.2) is 44.7 Å². The molecule has 3 aromatic rings. The predicted molar refractivity (Wildman–Crippen MR) is 127 cm³/mol. The van der Waals surface area contributed by atoms with Crippen molar-refractivity contribution in [3.05, 3.63) is 89.0 Å². The predicted octanol–water partition coefficient (Wildman–Crippen LogP) is 3.68. The molecule has 7 nitrogen and oxygen atoms in total. The molecule has 0 unspecified atom stereocenters. The topological polar surface area (TPSA) is 71.1 Å². The van der Waals surface area contributed by atoms with Gasteiger partial charge in [0.2, 0.25) is 0 Å². The van der Waals surface area contributed by atoms with Gasteiger partial charge in [-0.2, -0.15) is 0 Å². The second kappa shape index (κ2) is 9.65. The summed E-state index contributed by atoms with van der Waals surface area (Å²) >= 11 is 0. The average Bonchev–Trinajstić information content (AvgIpc) is 2.86. The second-order valence-electron chi connectivity index (χ2n) is 7.95. The normalized spacial score (nSPS) is 12.9. The second-order valence-corrected chi connectivity index (χ2v) is 7.95. The van der Waals surface area contributed by atoms with E-state index in [2.05, 4.69) is 5.32 Å². The van der Waals surface area contributed by atoms with Gasteiger partial charge in [0, 0.05) is 25.7 Å². The van der Waals surface area contributed by atoms with E-state index in [-0.39, 0.29) is 11.8 Å². The maximum Gasteiger partial charge on any atom is 0.257 e. The third-order valence-electron chi connectivity index (χ3n) is 5.72. The molecule has 0 spiro atoms. The molecule has 170 valence electrons. The molecule has 0 aliphatic carbocycles. The van der Waals surface area contributed by atoms with Crippen LogP contribution in [0.1, 0.15) is 31.8 Å². The van der Waals surface area contributed by atoms with E-state index < -0.39 is 0 Å². The summed E-state index contributed by atoms with van der Waals surface area (Å²) in [7, 11) is 5.18. The van der Waals surface area contributed by atoms with Gasteiger partial charge in [-0.05, 0) is 53.6 Å². The van der Waals surface area contributed by atoms with Crippen molar-refractivity contribution in [2.45, 2.75) is 13.1 Å². The molecule has 4 rings (SSSR count). The van der Waals surface area contributed by atoms with Crippen LogP contribution in [0.25, 0.3) is 0 Å². The van der Waals surface area contributed by atoms with Gasteiger partial charge in [0.05, 0.1) is 32.1 Å². The Morgan fingerprint density at radius 2 is 1.52 bits per heavy atom. The summed E-state index contributed by atoms with van der Waals surface area (Å²) in [5, 5.41) is 2.92. The van der Waals surface area contributed by atoms with Crippen molar-refractivity contribution in [3.8, 4) is 11.5 Å². The maximum absolute atomic E-state index is 13.2. The molecule has 1 heterocycles. The fraction of sp³-hybridized carbons (Fsp3) is 0.231. The number of ether oxygens (including phenoxy) is 2. The van der Waals surface area contributed by atoms with Gasteiger partial charge in [0.15, 0.2) is 0 Å². The number of nitrogens with one attached hydrogen (secondary N) is 1. The highest BCUT2D eigenvalue weighted by molar-refractivity contribution is 6.04. The molecule has 0 saturated heterocycles. The lowest BCUT2D eigenvalue weighted by Crippen LogP contribution is -2.44. The molecular formula is C26H27N3O4. The number of nitrogens with zero attached hydrogens (tertiary/aromatic N) is 2. The van der Waals surface area contributed by atoms with Crippen LogP contribution in [0.2, 0.25) is 0 Å². The Morgan fingerprint density at radius 3 is 2.12 bits per heavy atom. The number of methoxy groups -OCH3 is 2. The summed E-state index contributed by atoms with van der Waals surface area (Å²) in [6, 6.07) is 20.4. The lowest BCUT2D eigenvalue weighted by atomic mass is 10.0. The molecule has 0 fully saturated rings. The van der Waals surface area contributed by atoms with Crippen molar-refractivity contribution in [1.82, 2.24) is 10.2 Å². The van der Waals surface area contributed by atoms with Crippen LogP contribution in [0.5, 0.6) is 11.5 Å². The zero-order valence-electron chi connectivity index (χ0n) is 19.0. The molecule has 1 aliphatic rings. The van der Waals surface area contributed by atoms with E-state index in [0.717, 1.165) is 28.3 Å². The van der Waals surface area contributed by atoms with Crippen molar-refractivity contribution in [3.63, 3.8) is 0 Å². The van der Waals surface area contributed by atoms with Crippen molar-refractivity contribution < 1.29 is 19.1 Å². The Kier molecular flexibility index (Phi) is 6.49. The molecule has 0 saturated carbocycles. The first-order chi connectivity index (χ1) is 16.0. The van der Waals surface area contributed by atoms with Crippen LogP contribution in [0.15, 0.2) is 66.7 Å². The Hall–Kier alpha value is -4.00. The first-order valence-corrected chi connectivity index (χ1v) is 10.7. The number of carbonyl (C=O) groups is 2. The lowest BCUT2D eigenvalue weighted by molar-refractivity contribution is 0.0731. The minimum atomic E-state index is -0.226. The third-order valence-corrected chi connectivity index (χ3v) is 5.72. The van der Waals surface area contributed by atoms with Gasteiger partial charge in [-0.1, -0.05) is 24.3 Å². The highest BCUT2D eigenvalue weighted by Gasteiger charge is 2.28. The molecule has 0 atom stereocenters. The van der Waals surface area contributed by atoms with Crippen LogP contribution < -0.4 is 19.7 Å². The van der Waals surface area contributed by atoms with E-state index in [1.54, 1.807) is 31.3 Å². The van der Waals surface area contributed by atoms with Crippen LogP contribution in [0.3, 0.4) is 0 Å². The van der Waals surface area contributed by atoms with Gasteiger partial charge >= 0.3 is 0 Å². The van der Waals surface area contributed by atoms with Crippen molar-refractivity contribution in [2.24, 2.45) is 0 Å². The number of carbonyl (C=O) groups excluding carboxylic acids is 2. The highest BCUT2D eigenvalue weighted by atomic mass is 16.5. The zero-order chi connectivity index (χ0) is 23.4. The number of amides is 2. The molecule has 2 amide bonds. The molecule has 33 heavy (non-hydrogen) atoms. The number of anilines is 1. The van der Waals surface area contributed by atoms with Gasteiger partial charge in [0.1, 0.15) is 11.5 Å². The van der Waals surface area contributed by atoms with Crippen LogP contribution in [0, 0.1) is 0 Å². The largest absolute Gasteiger partial charge is 0.497 e. The fourth-order valence-electron chi connectivity index (χ4n) is 3.85. The average molecular weight is 446 g/mol. The Bertz CT molecular complexity index is 1140. The summed E-state index contributed by atoms with van der Waals surface area (Å²) in [6.07, 6.45) is 0. The van der Waals surface area contributed by atoms with E-state index in [4.69, 9.17) is 9.47 Å².